The van der Waals surface area contributed by atoms with Crippen molar-refractivity contribution in [3.63, 3.8) is 0 Å². The monoisotopic (exact) mass is 410 g/mol. The van der Waals surface area contributed by atoms with Gasteiger partial charge in [0.1, 0.15) is 23.4 Å². The molecule has 2 aromatic carbocycles. The number of β-amino-alcohol motifs (C(OH)–C–C–N with tert-alkyl or cyclic N) is 1. The Hall–Kier alpha value is -2.65. The van der Waals surface area contributed by atoms with E-state index in [4.69, 9.17) is 21.7 Å². The fourth-order valence-electron chi connectivity index (χ4n) is 3.15. The van der Waals surface area contributed by atoms with Gasteiger partial charge in [0.05, 0.1) is 20.8 Å². The highest BCUT2D eigenvalue weighted by molar-refractivity contribution is 7.80. The third-order valence-corrected chi connectivity index (χ3v) is 4.77. The lowest BCUT2D eigenvalue weighted by Crippen LogP contribution is -2.41. The second-order valence-corrected chi connectivity index (χ2v) is 6.48. The predicted molar refractivity (Wildman–Crippen MR) is 104 cm³/mol. The Morgan fingerprint density at radius 1 is 1.14 bits per heavy atom. The number of methoxy groups -OCH3 is 2. The smallest absolute Gasteiger partial charge is 0.387 e. The molecular formula is C19H20F2N2O4S. The number of aliphatic hydroxyl groups excluding tert-OH is 1. The van der Waals surface area contributed by atoms with Gasteiger partial charge in [-0.25, -0.2) is 0 Å². The van der Waals surface area contributed by atoms with E-state index in [2.05, 4.69) is 10.1 Å². The zero-order valence-electron chi connectivity index (χ0n) is 15.3. The van der Waals surface area contributed by atoms with Gasteiger partial charge in [0.15, 0.2) is 5.11 Å². The summed E-state index contributed by atoms with van der Waals surface area (Å²) in [7, 11) is 3.11. The van der Waals surface area contributed by atoms with Crippen LogP contribution in [-0.4, -0.2) is 42.5 Å². The molecule has 0 saturated heterocycles. The van der Waals surface area contributed by atoms with Crippen LogP contribution in [0.25, 0.3) is 0 Å². The van der Waals surface area contributed by atoms with E-state index in [0.29, 0.717) is 34.4 Å². The molecule has 0 bridgehead atoms. The molecule has 0 radical (unpaired) electrons. The van der Waals surface area contributed by atoms with E-state index in [1.54, 1.807) is 43.4 Å². The Morgan fingerprint density at radius 2 is 1.79 bits per heavy atom. The van der Waals surface area contributed by atoms with Gasteiger partial charge in [-0.1, -0.05) is 0 Å². The lowest BCUT2D eigenvalue weighted by molar-refractivity contribution is -0.0498. The molecule has 1 heterocycles. The normalized spacial score (nSPS) is 15.8. The molecule has 0 aromatic heterocycles. The molecule has 2 aromatic rings. The lowest BCUT2D eigenvalue weighted by atomic mass is 9.95. The van der Waals surface area contributed by atoms with Crippen LogP contribution in [0, 0.1) is 0 Å². The third-order valence-electron chi connectivity index (χ3n) is 4.41. The van der Waals surface area contributed by atoms with E-state index in [0.717, 1.165) is 5.56 Å². The Labute approximate surface area is 166 Å². The molecule has 0 spiro atoms. The van der Waals surface area contributed by atoms with Crippen LogP contribution in [0.15, 0.2) is 36.4 Å². The van der Waals surface area contributed by atoms with Gasteiger partial charge in [0, 0.05) is 23.4 Å². The summed E-state index contributed by atoms with van der Waals surface area (Å²) in [5, 5.41) is 14.1. The zero-order chi connectivity index (χ0) is 20.3. The molecule has 0 aliphatic carbocycles. The van der Waals surface area contributed by atoms with Crippen LogP contribution in [0.2, 0.25) is 0 Å². The van der Waals surface area contributed by atoms with Crippen LogP contribution >= 0.6 is 12.2 Å². The number of nitrogens with one attached hydrogen (secondary N) is 1. The number of rotatable bonds is 5. The standard InChI is InChI=1S/C19H20F2N2O4S/c1-25-15-7-8-16(26-2)17-13(15)9-23(10-14(17)24)19(28)22-11-3-5-12(6-4-11)27-18(20)21/h3-8,14,18,24H,9-10H2,1-2H3,(H,22,28)/t14-/m1/s1. The summed E-state index contributed by atoms with van der Waals surface area (Å²) >= 11 is 5.46. The zero-order valence-corrected chi connectivity index (χ0v) is 16.1. The second-order valence-electron chi connectivity index (χ2n) is 6.09. The minimum absolute atomic E-state index is 0.0608. The van der Waals surface area contributed by atoms with Crippen molar-refractivity contribution in [2.24, 2.45) is 0 Å². The maximum atomic E-state index is 12.2. The van der Waals surface area contributed by atoms with Crippen LogP contribution in [0.1, 0.15) is 17.2 Å². The molecule has 6 nitrogen and oxygen atoms in total. The number of benzene rings is 2. The number of ether oxygens (including phenoxy) is 3. The largest absolute Gasteiger partial charge is 0.496 e. The van der Waals surface area contributed by atoms with Crippen LogP contribution in [-0.2, 0) is 6.54 Å². The van der Waals surface area contributed by atoms with Crippen molar-refractivity contribution in [3.05, 3.63) is 47.5 Å². The maximum absolute atomic E-state index is 12.2. The summed E-state index contributed by atoms with van der Waals surface area (Å²) in [6, 6.07) is 9.56. The highest BCUT2D eigenvalue weighted by Gasteiger charge is 2.30. The molecule has 28 heavy (non-hydrogen) atoms. The van der Waals surface area contributed by atoms with Gasteiger partial charge in [-0.15, -0.1) is 0 Å². The topological polar surface area (TPSA) is 63.2 Å². The van der Waals surface area contributed by atoms with E-state index < -0.39 is 12.7 Å². The van der Waals surface area contributed by atoms with Crippen LogP contribution in [0.4, 0.5) is 14.5 Å². The number of hydrogen-bond acceptors (Lipinski definition) is 5. The third kappa shape index (κ3) is 4.26. The Kier molecular flexibility index (Phi) is 6.15. The van der Waals surface area contributed by atoms with Gasteiger partial charge in [-0.05, 0) is 48.6 Å². The average molecular weight is 410 g/mol. The van der Waals surface area contributed by atoms with Crippen LogP contribution in [0.5, 0.6) is 17.2 Å². The summed E-state index contributed by atoms with van der Waals surface area (Å²) in [5.41, 5.74) is 2.10. The van der Waals surface area contributed by atoms with Crippen LogP contribution in [0.3, 0.4) is 0 Å². The van der Waals surface area contributed by atoms with E-state index in [1.165, 1.54) is 12.1 Å². The molecule has 1 atom stereocenters. The number of alkyl halides is 2. The summed E-state index contributed by atoms with van der Waals surface area (Å²) in [5.74, 6) is 1.29. The molecule has 150 valence electrons. The van der Waals surface area contributed by atoms with Gasteiger partial charge < -0.3 is 29.5 Å². The van der Waals surface area contributed by atoms with Gasteiger partial charge in [0.2, 0.25) is 0 Å². The van der Waals surface area contributed by atoms with Gasteiger partial charge in [0.25, 0.3) is 0 Å². The van der Waals surface area contributed by atoms with E-state index >= 15 is 0 Å². The highest BCUT2D eigenvalue weighted by Crippen LogP contribution is 2.39. The average Bonchev–Trinajstić information content (AvgIpc) is 2.68. The summed E-state index contributed by atoms with van der Waals surface area (Å²) in [6.45, 7) is -2.18. The molecule has 1 aliphatic heterocycles. The first kappa shape index (κ1) is 20.1. The van der Waals surface area contributed by atoms with E-state index in [1.807, 2.05) is 0 Å². The molecular weight excluding hydrogens is 390 g/mol. The Balaban J connectivity index is 1.76. The fraction of sp³-hybridized carbons (Fsp3) is 0.316. The molecule has 1 aliphatic rings. The molecule has 9 heteroatoms. The van der Waals surface area contributed by atoms with Gasteiger partial charge in [-0.2, -0.15) is 8.78 Å². The molecule has 2 N–H and O–H groups in total. The molecule has 0 saturated carbocycles. The highest BCUT2D eigenvalue weighted by atomic mass is 32.1. The molecule has 0 amide bonds. The number of hydrogen-bond donors (Lipinski definition) is 2. The number of thiocarbonyl (C=S) groups is 1. The van der Waals surface area contributed by atoms with Crippen molar-refractivity contribution in [3.8, 4) is 17.2 Å². The number of aliphatic hydroxyl groups is 1. The summed E-state index contributed by atoms with van der Waals surface area (Å²) in [4.78, 5) is 1.80. The van der Waals surface area contributed by atoms with Crippen molar-refractivity contribution in [1.82, 2.24) is 4.90 Å². The molecule has 3 rings (SSSR count). The minimum atomic E-state index is -2.87. The van der Waals surface area contributed by atoms with E-state index in [9.17, 15) is 13.9 Å². The van der Waals surface area contributed by atoms with Crippen molar-refractivity contribution in [2.75, 3.05) is 26.1 Å². The first-order chi connectivity index (χ1) is 13.4. The number of fused-ring (bicyclic) bond motifs is 1. The number of halogens is 2. The second kappa shape index (κ2) is 8.57. The first-order valence-corrected chi connectivity index (χ1v) is 8.86. The Bertz CT molecular complexity index is 849. The quantitative estimate of drug-likeness (QED) is 0.731. The molecule has 0 unspecified atom stereocenters. The van der Waals surface area contributed by atoms with E-state index in [-0.39, 0.29) is 12.3 Å². The number of nitrogens with zero attached hydrogens (tertiary/aromatic N) is 1. The van der Waals surface area contributed by atoms with Crippen molar-refractivity contribution < 1.29 is 28.1 Å². The SMILES string of the molecule is COc1ccc(OC)c2c1CN(C(=S)Nc1ccc(OC(F)F)cc1)C[C@H]2O. The summed E-state index contributed by atoms with van der Waals surface area (Å²) in [6.07, 6.45) is -0.810. The minimum Gasteiger partial charge on any atom is -0.496 e. The van der Waals surface area contributed by atoms with Gasteiger partial charge in [-0.3, -0.25) is 0 Å². The molecule has 0 fully saturated rings. The van der Waals surface area contributed by atoms with Gasteiger partial charge >= 0.3 is 6.61 Å². The van der Waals surface area contributed by atoms with Crippen LogP contribution < -0.4 is 19.5 Å². The number of anilines is 1. The first-order valence-electron chi connectivity index (χ1n) is 8.45. The maximum Gasteiger partial charge on any atom is 0.387 e. The van der Waals surface area contributed by atoms with Crippen molar-refractivity contribution in [1.29, 1.82) is 0 Å². The van der Waals surface area contributed by atoms with Crippen molar-refractivity contribution in [2.45, 2.75) is 19.3 Å². The Morgan fingerprint density at radius 3 is 2.39 bits per heavy atom. The lowest BCUT2D eigenvalue weighted by Gasteiger charge is -2.35. The van der Waals surface area contributed by atoms with Crippen molar-refractivity contribution >= 4 is 23.0 Å². The summed E-state index contributed by atoms with van der Waals surface area (Å²) < 4.78 is 39.6. The predicted octanol–water partition coefficient (Wildman–Crippen LogP) is 3.55. The fourth-order valence-corrected chi connectivity index (χ4v) is 3.41.